The van der Waals surface area contributed by atoms with Crippen molar-refractivity contribution < 1.29 is 9.53 Å². The Morgan fingerprint density at radius 3 is 3.00 bits per heavy atom. The van der Waals surface area contributed by atoms with Crippen LogP contribution >= 0.6 is 15.9 Å². The normalized spacial score (nSPS) is 10.0. The van der Waals surface area contributed by atoms with Gasteiger partial charge in [0, 0.05) is 11.0 Å². The van der Waals surface area contributed by atoms with Crippen molar-refractivity contribution in [2.75, 3.05) is 19.7 Å². The third kappa shape index (κ3) is 6.28. The van der Waals surface area contributed by atoms with Crippen molar-refractivity contribution in [2.45, 2.75) is 12.8 Å². The molecule has 17 heavy (non-hydrogen) atoms. The van der Waals surface area contributed by atoms with E-state index < -0.39 is 0 Å². The van der Waals surface area contributed by atoms with Crippen molar-refractivity contribution in [3.05, 3.63) is 28.7 Å². The average Bonchev–Trinajstić information content (AvgIpc) is 2.29. The highest BCUT2D eigenvalue weighted by Gasteiger charge is 2.01. The lowest BCUT2D eigenvalue weighted by atomic mass is 10.3. The number of carbonyl (C=O) groups is 1. The first-order valence-corrected chi connectivity index (χ1v) is 6.37. The van der Waals surface area contributed by atoms with E-state index >= 15 is 0 Å². The van der Waals surface area contributed by atoms with Crippen LogP contribution < -0.4 is 15.8 Å². The summed E-state index contributed by atoms with van der Waals surface area (Å²) in [4.78, 5) is 11.3. The third-order valence-corrected chi connectivity index (χ3v) is 2.59. The summed E-state index contributed by atoms with van der Waals surface area (Å²) in [5.41, 5.74) is 5.32. The second-order valence-electron chi connectivity index (χ2n) is 3.55. The largest absolute Gasteiger partial charge is 0.493 e. The van der Waals surface area contributed by atoms with Crippen LogP contribution in [-0.4, -0.2) is 25.6 Å². The Balaban J connectivity index is 2.17. The predicted octanol–water partition coefficient (Wildman–Crippen LogP) is 1.68. The van der Waals surface area contributed by atoms with Crippen LogP contribution in [0.5, 0.6) is 5.75 Å². The molecule has 0 radical (unpaired) electrons. The van der Waals surface area contributed by atoms with Crippen LogP contribution in [-0.2, 0) is 4.79 Å². The lowest BCUT2D eigenvalue weighted by Gasteiger charge is -2.07. The van der Waals surface area contributed by atoms with Gasteiger partial charge in [-0.2, -0.15) is 0 Å². The molecule has 1 rings (SSSR count). The van der Waals surface area contributed by atoms with Crippen LogP contribution in [0, 0.1) is 0 Å². The Kier molecular flexibility index (Phi) is 6.65. The highest BCUT2D eigenvalue weighted by molar-refractivity contribution is 9.10. The topological polar surface area (TPSA) is 64.3 Å². The summed E-state index contributed by atoms with van der Waals surface area (Å²) in [6.07, 6.45) is 1.16. The Morgan fingerprint density at radius 2 is 2.29 bits per heavy atom. The van der Waals surface area contributed by atoms with Gasteiger partial charge in [-0.05, 0) is 31.2 Å². The Labute approximate surface area is 110 Å². The van der Waals surface area contributed by atoms with Crippen LogP contribution in [0.4, 0.5) is 0 Å². The summed E-state index contributed by atoms with van der Waals surface area (Å²) in [5, 5.41) is 2.77. The van der Waals surface area contributed by atoms with Crippen LogP contribution in [0.1, 0.15) is 12.8 Å². The molecule has 0 atom stereocenters. The van der Waals surface area contributed by atoms with Gasteiger partial charge in [-0.1, -0.05) is 22.0 Å². The van der Waals surface area contributed by atoms with Gasteiger partial charge in [0.2, 0.25) is 5.91 Å². The first-order valence-electron chi connectivity index (χ1n) is 5.57. The standard InChI is InChI=1S/C12H17BrN2O2/c13-10-3-1-4-11(9-10)17-8-5-12(16)15-7-2-6-14/h1,3-4,9H,2,5-8,14H2,(H,15,16). The lowest BCUT2D eigenvalue weighted by Crippen LogP contribution is -2.27. The van der Waals surface area contributed by atoms with Crippen LogP contribution in [0.2, 0.25) is 0 Å². The maximum atomic E-state index is 11.3. The number of ether oxygens (including phenoxy) is 1. The molecule has 0 bridgehead atoms. The van der Waals surface area contributed by atoms with Gasteiger partial charge in [0.25, 0.3) is 0 Å². The fourth-order valence-electron chi connectivity index (χ4n) is 1.24. The maximum Gasteiger partial charge on any atom is 0.223 e. The van der Waals surface area contributed by atoms with Crippen LogP contribution in [0.15, 0.2) is 28.7 Å². The molecule has 94 valence electrons. The molecule has 0 saturated carbocycles. The van der Waals surface area contributed by atoms with Gasteiger partial charge in [0.15, 0.2) is 0 Å². The molecule has 4 nitrogen and oxygen atoms in total. The van der Waals surface area contributed by atoms with Crippen molar-refractivity contribution in [2.24, 2.45) is 5.73 Å². The molecule has 0 saturated heterocycles. The zero-order valence-electron chi connectivity index (χ0n) is 9.62. The van der Waals surface area contributed by atoms with E-state index in [1.54, 1.807) is 0 Å². The van der Waals surface area contributed by atoms with E-state index in [0.29, 0.717) is 26.1 Å². The van der Waals surface area contributed by atoms with E-state index in [2.05, 4.69) is 21.2 Å². The molecule has 0 aliphatic carbocycles. The minimum atomic E-state index is -0.00607. The molecule has 1 aromatic carbocycles. The minimum absolute atomic E-state index is 0.00607. The summed E-state index contributed by atoms with van der Waals surface area (Å²) in [7, 11) is 0. The Hall–Kier alpha value is -1.07. The lowest BCUT2D eigenvalue weighted by molar-refractivity contribution is -0.121. The minimum Gasteiger partial charge on any atom is -0.493 e. The highest BCUT2D eigenvalue weighted by Crippen LogP contribution is 2.17. The number of halogens is 1. The van der Waals surface area contributed by atoms with Crippen LogP contribution in [0.3, 0.4) is 0 Å². The van der Waals surface area contributed by atoms with E-state index in [0.717, 1.165) is 16.6 Å². The van der Waals surface area contributed by atoms with Gasteiger partial charge in [0.05, 0.1) is 13.0 Å². The van der Waals surface area contributed by atoms with Gasteiger partial charge in [0.1, 0.15) is 5.75 Å². The van der Waals surface area contributed by atoms with Crippen molar-refractivity contribution in [1.82, 2.24) is 5.32 Å². The van der Waals surface area contributed by atoms with Gasteiger partial charge < -0.3 is 15.8 Å². The van der Waals surface area contributed by atoms with E-state index in [9.17, 15) is 4.79 Å². The summed E-state index contributed by atoms with van der Waals surface area (Å²) in [6, 6.07) is 7.54. The smallest absolute Gasteiger partial charge is 0.223 e. The Morgan fingerprint density at radius 1 is 1.47 bits per heavy atom. The fraction of sp³-hybridized carbons (Fsp3) is 0.417. The molecule has 0 aromatic heterocycles. The van der Waals surface area contributed by atoms with E-state index in [1.807, 2.05) is 24.3 Å². The zero-order valence-corrected chi connectivity index (χ0v) is 11.2. The van der Waals surface area contributed by atoms with Crippen LogP contribution in [0.25, 0.3) is 0 Å². The van der Waals surface area contributed by atoms with Gasteiger partial charge in [-0.15, -0.1) is 0 Å². The first kappa shape index (κ1) is 14.0. The summed E-state index contributed by atoms with van der Waals surface area (Å²) in [5.74, 6) is 0.752. The molecule has 1 aromatic rings. The van der Waals surface area contributed by atoms with Crippen molar-refractivity contribution in [1.29, 1.82) is 0 Å². The molecular formula is C12H17BrN2O2. The monoisotopic (exact) mass is 300 g/mol. The van der Waals surface area contributed by atoms with Gasteiger partial charge in [-0.25, -0.2) is 0 Å². The quantitative estimate of drug-likeness (QED) is 0.753. The highest BCUT2D eigenvalue weighted by atomic mass is 79.9. The molecule has 0 aliphatic heterocycles. The molecule has 0 unspecified atom stereocenters. The number of amides is 1. The number of benzene rings is 1. The molecule has 3 N–H and O–H groups in total. The van der Waals surface area contributed by atoms with Crippen molar-refractivity contribution in [3.63, 3.8) is 0 Å². The number of hydrogen-bond donors (Lipinski definition) is 2. The molecule has 0 aliphatic rings. The molecule has 0 heterocycles. The summed E-state index contributed by atoms with van der Waals surface area (Å²) in [6.45, 7) is 1.60. The summed E-state index contributed by atoms with van der Waals surface area (Å²) < 4.78 is 6.41. The van der Waals surface area contributed by atoms with Gasteiger partial charge >= 0.3 is 0 Å². The van der Waals surface area contributed by atoms with Crippen molar-refractivity contribution >= 4 is 21.8 Å². The van der Waals surface area contributed by atoms with Crippen molar-refractivity contribution in [3.8, 4) is 5.75 Å². The Bertz CT molecular complexity index is 358. The van der Waals surface area contributed by atoms with E-state index in [-0.39, 0.29) is 5.91 Å². The molecule has 1 amide bonds. The second-order valence-corrected chi connectivity index (χ2v) is 4.46. The number of rotatable bonds is 7. The first-order chi connectivity index (χ1) is 8.22. The van der Waals surface area contributed by atoms with Gasteiger partial charge in [-0.3, -0.25) is 4.79 Å². The molecule has 5 heteroatoms. The second kappa shape index (κ2) is 8.08. The number of nitrogens with one attached hydrogen (secondary N) is 1. The molecular weight excluding hydrogens is 284 g/mol. The fourth-order valence-corrected chi connectivity index (χ4v) is 1.61. The molecule has 0 spiro atoms. The van der Waals surface area contributed by atoms with E-state index in [4.69, 9.17) is 10.5 Å². The number of nitrogens with two attached hydrogens (primary N) is 1. The maximum absolute atomic E-state index is 11.3. The summed E-state index contributed by atoms with van der Waals surface area (Å²) >= 11 is 3.35. The average molecular weight is 301 g/mol. The number of carbonyl (C=O) groups excluding carboxylic acids is 1. The SMILES string of the molecule is NCCCNC(=O)CCOc1cccc(Br)c1. The van der Waals surface area contributed by atoms with E-state index in [1.165, 1.54) is 0 Å². The molecule has 0 fully saturated rings. The third-order valence-electron chi connectivity index (χ3n) is 2.10. The number of hydrogen-bond acceptors (Lipinski definition) is 3. The predicted molar refractivity (Wildman–Crippen MR) is 70.9 cm³/mol. The zero-order chi connectivity index (χ0) is 12.5.